The SMILES string of the molecule is COC(=O)c1ccc([C@@H]2Nc3ccc(Cl)cc3[C@@H]3OCC[C@H]23)cc1. The monoisotopic (exact) mass is 343 g/mol. The fourth-order valence-corrected chi connectivity index (χ4v) is 3.90. The minimum atomic E-state index is -0.319. The average Bonchev–Trinajstić information content (AvgIpc) is 3.11. The molecule has 0 aromatic heterocycles. The highest BCUT2D eigenvalue weighted by molar-refractivity contribution is 6.30. The lowest BCUT2D eigenvalue weighted by molar-refractivity contribution is 0.0600. The Balaban J connectivity index is 1.68. The number of nitrogens with one attached hydrogen (secondary N) is 1. The lowest BCUT2D eigenvalue weighted by Gasteiger charge is -2.36. The fourth-order valence-electron chi connectivity index (χ4n) is 3.72. The minimum Gasteiger partial charge on any atom is -0.465 e. The van der Waals surface area contributed by atoms with Crippen molar-refractivity contribution in [3.05, 3.63) is 64.2 Å². The number of ether oxygens (including phenoxy) is 2. The zero-order valence-corrected chi connectivity index (χ0v) is 14.0. The Kier molecular flexibility index (Phi) is 3.94. The van der Waals surface area contributed by atoms with Crippen molar-refractivity contribution >= 4 is 23.3 Å². The van der Waals surface area contributed by atoms with E-state index < -0.39 is 0 Å². The van der Waals surface area contributed by atoms with Gasteiger partial charge in [0, 0.05) is 28.8 Å². The van der Waals surface area contributed by atoms with Gasteiger partial charge in [0.2, 0.25) is 0 Å². The van der Waals surface area contributed by atoms with Crippen molar-refractivity contribution in [2.45, 2.75) is 18.6 Å². The molecule has 2 aliphatic rings. The largest absolute Gasteiger partial charge is 0.465 e. The predicted molar refractivity (Wildman–Crippen MR) is 92.4 cm³/mol. The Morgan fingerprint density at radius 3 is 2.79 bits per heavy atom. The smallest absolute Gasteiger partial charge is 0.337 e. The maximum atomic E-state index is 11.6. The highest BCUT2D eigenvalue weighted by atomic mass is 35.5. The molecule has 2 aromatic carbocycles. The van der Waals surface area contributed by atoms with Gasteiger partial charge in [0.1, 0.15) is 0 Å². The van der Waals surface area contributed by atoms with Crippen LogP contribution in [0.4, 0.5) is 5.69 Å². The molecule has 24 heavy (non-hydrogen) atoms. The van der Waals surface area contributed by atoms with E-state index in [-0.39, 0.29) is 18.1 Å². The number of rotatable bonds is 2. The number of carbonyl (C=O) groups is 1. The molecule has 5 heteroatoms. The first-order valence-electron chi connectivity index (χ1n) is 8.03. The van der Waals surface area contributed by atoms with Crippen LogP contribution in [0, 0.1) is 5.92 Å². The van der Waals surface area contributed by atoms with Crippen LogP contribution in [-0.2, 0) is 9.47 Å². The zero-order chi connectivity index (χ0) is 16.7. The summed E-state index contributed by atoms with van der Waals surface area (Å²) in [5.74, 6) is 0.0279. The van der Waals surface area contributed by atoms with Gasteiger partial charge in [-0.3, -0.25) is 0 Å². The molecule has 1 fully saturated rings. The standard InChI is InChI=1S/C19H18ClNO3/c1-23-19(22)12-4-2-11(3-5-12)17-14-8-9-24-18(14)15-10-13(20)6-7-16(15)21-17/h2-7,10,14,17-18,21H,8-9H2,1H3/t14-,17+,18-/m1/s1. The molecule has 1 N–H and O–H groups in total. The Hall–Kier alpha value is -2.04. The number of methoxy groups -OCH3 is 1. The number of hydrogen-bond donors (Lipinski definition) is 1. The molecule has 0 saturated carbocycles. The van der Waals surface area contributed by atoms with Crippen LogP contribution in [0.3, 0.4) is 0 Å². The van der Waals surface area contributed by atoms with Crippen molar-refractivity contribution < 1.29 is 14.3 Å². The Morgan fingerprint density at radius 1 is 1.25 bits per heavy atom. The second-order valence-electron chi connectivity index (χ2n) is 6.21. The summed E-state index contributed by atoms with van der Waals surface area (Å²) in [6.45, 7) is 0.750. The molecule has 0 unspecified atom stereocenters. The van der Waals surface area contributed by atoms with Crippen LogP contribution in [0.15, 0.2) is 42.5 Å². The quantitative estimate of drug-likeness (QED) is 0.822. The summed E-state index contributed by atoms with van der Waals surface area (Å²) in [5.41, 5.74) is 3.89. The van der Waals surface area contributed by atoms with Gasteiger partial charge in [-0.15, -0.1) is 0 Å². The maximum absolute atomic E-state index is 11.6. The number of halogens is 1. The number of benzene rings is 2. The van der Waals surface area contributed by atoms with E-state index in [0.29, 0.717) is 11.5 Å². The highest BCUT2D eigenvalue weighted by Crippen LogP contribution is 2.50. The lowest BCUT2D eigenvalue weighted by atomic mass is 9.81. The fraction of sp³-hybridized carbons (Fsp3) is 0.316. The third-order valence-corrected chi connectivity index (χ3v) is 5.12. The molecule has 4 nitrogen and oxygen atoms in total. The normalized spacial score (nSPS) is 24.7. The minimum absolute atomic E-state index is 0.0604. The molecule has 0 radical (unpaired) electrons. The summed E-state index contributed by atoms with van der Waals surface area (Å²) in [6.07, 6.45) is 1.05. The summed E-state index contributed by atoms with van der Waals surface area (Å²) in [5, 5.41) is 4.35. The van der Waals surface area contributed by atoms with Crippen LogP contribution in [0.25, 0.3) is 0 Å². The van der Waals surface area contributed by atoms with E-state index in [1.165, 1.54) is 7.11 Å². The summed E-state index contributed by atoms with van der Waals surface area (Å²) in [7, 11) is 1.39. The lowest BCUT2D eigenvalue weighted by Crippen LogP contribution is -2.29. The van der Waals surface area contributed by atoms with Gasteiger partial charge in [-0.25, -0.2) is 4.79 Å². The van der Waals surface area contributed by atoms with Gasteiger partial charge in [0.05, 0.1) is 24.8 Å². The van der Waals surface area contributed by atoms with Crippen molar-refractivity contribution in [3.63, 3.8) is 0 Å². The topological polar surface area (TPSA) is 47.6 Å². The molecular weight excluding hydrogens is 326 g/mol. The van der Waals surface area contributed by atoms with E-state index in [9.17, 15) is 4.79 Å². The molecule has 3 atom stereocenters. The molecule has 124 valence electrons. The molecule has 0 spiro atoms. The molecule has 4 rings (SSSR count). The maximum Gasteiger partial charge on any atom is 0.337 e. The van der Waals surface area contributed by atoms with Gasteiger partial charge in [-0.1, -0.05) is 23.7 Å². The van der Waals surface area contributed by atoms with Gasteiger partial charge in [-0.05, 0) is 42.3 Å². The molecule has 1 saturated heterocycles. The molecule has 2 aromatic rings. The zero-order valence-electron chi connectivity index (χ0n) is 13.3. The van der Waals surface area contributed by atoms with E-state index in [2.05, 4.69) is 5.32 Å². The van der Waals surface area contributed by atoms with E-state index >= 15 is 0 Å². The summed E-state index contributed by atoms with van der Waals surface area (Å²) in [4.78, 5) is 11.6. The molecular formula is C19H18ClNO3. The summed E-state index contributed by atoms with van der Waals surface area (Å²) < 4.78 is 10.8. The molecule has 0 amide bonds. The van der Waals surface area contributed by atoms with Crippen LogP contribution in [0.2, 0.25) is 5.02 Å². The molecule has 0 aliphatic carbocycles. The first-order valence-corrected chi connectivity index (χ1v) is 8.41. The van der Waals surface area contributed by atoms with Gasteiger partial charge >= 0.3 is 5.97 Å². The number of fused-ring (bicyclic) bond motifs is 3. The van der Waals surface area contributed by atoms with Crippen molar-refractivity contribution in [3.8, 4) is 0 Å². The third kappa shape index (κ3) is 2.56. The van der Waals surface area contributed by atoms with E-state index in [0.717, 1.165) is 34.9 Å². The van der Waals surface area contributed by atoms with Crippen LogP contribution in [-0.4, -0.2) is 19.7 Å². The van der Waals surface area contributed by atoms with Crippen molar-refractivity contribution in [2.24, 2.45) is 5.92 Å². The number of anilines is 1. The van der Waals surface area contributed by atoms with Crippen molar-refractivity contribution in [1.29, 1.82) is 0 Å². The predicted octanol–water partition coefficient (Wildman–Crippen LogP) is 4.37. The molecule has 2 aliphatic heterocycles. The van der Waals surface area contributed by atoms with E-state index in [1.54, 1.807) is 0 Å². The molecule has 2 heterocycles. The third-order valence-electron chi connectivity index (χ3n) is 4.89. The highest BCUT2D eigenvalue weighted by Gasteiger charge is 2.41. The Bertz CT molecular complexity index is 775. The van der Waals surface area contributed by atoms with Crippen LogP contribution in [0.1, 0.15) is 40.1 Å². The summed E-state index contributed by atoms with van der Waals surface area (Å²) >= 11 is 6.15. The van der Waals surface area contributed by atoms with Crippen LogP contribution in [0.5, 0.6) is 0 Å². The van der Waals surface area contributed by atoms with Gasteiger partial charge < -0.3 is 14.8 Å². The van der Waals surface area contributed by atoms with Crippen LogP contribution < -0.4 is 5.32 Å². The average molecular weight is 344 g/mol. The number of esters is 1. The van der Waals surface area contributed by atoms with Gasteiger partial charge in [0.15, 0.2) is 0 Å². The number of carbonyl (C=O) groups excluding carboxylic acids is 1. The molecule has 0 bridgehead atoms. The first kappa shape index (κ1) is 15.5. The summed E-state index contributed by atoms with van der Waals surface area (Å²) in [6, 6.07) is 13.6. The van der Waals surface area contributed by atoms with Crippen LogP contribution >= 0.6 is 11.6 Å². The van der Waals surface area contributed by atoms with Gasteiger partial charge in [0.25, 0.3) is 0 Å². The second-order valence-corrected chi connectivity index (χ2v) is 6.65. The Morgan fingerprint density at radius 2 is 2.04 bits per heavy atom. The first-order chi connectivity index (χ1) is 11.7. The van der Waals surface area contributed by atoms with E-state index in [4.69, 9.17) is 21.1 Å². The number of hydrogen-bond acceptors (Lipinski definition) is 4. The second kappa shape index (κ2) is 6.11. The van der Waals surface area contributed by atoms with Crippen molar-refractivity contribution in [2.75, 3.05) is 19.0 Å². The van der Waals surface area contributed by atoms with Crippen molar-refractivity contribution in [1.82, 2.24) is 0 Å². The van der Waals surface area contributed by atoms with E-state index in [1.807, 2.05) is 42.5 Å². The van der Waals surface area contributed by atoms with Gasteiger partial charge in [-0.2, -0.15) is 0 Å². The Labute approximate surface area is 145 Å².